The molecule has 32 heavy (non-hydrogen) atoms. The fourth-order valence-corrected chi connectivity index (χ4v) is 3.98. The minimum Gasteiger partial charge on any atom is -0.494 e. The Morgan fingerprint density at radius 2 is 1.97 bits per heavy atom. The van der Waals surface area contributed by atoms with E-state index >= 15 is 0 Å². The molecule has 0 unspecified atom stereocenters. The normalized spacial score (nSPS) is 12.3. The Bertz CT molecular complexity index is 1220. The Kier molecular flexibility index (Phi) is 7.21. The third-order valence-corrected chi connectivity index (χ3v) is 5.76. The number of fused-ring (bicyclic) bond motifs is 1. The van der Waals surface area contributed by atoms with Crippen LogP contribution in [0.1, 0.15) is 48.3 Å². The second-order valence-corrected chi connectivity index (χ2v) is 8.29. The molecule has 2 N–H and O–H groups in total. The van der Waals surface area contributed by atoms with Crippen LogP contribution in [0.2, 0.25) is 5.02 Å². The number of pyridine rings is 1. The Morgan fingerprint density at radius 1 is 1.25 bits per heavy atom. The van der Waals surface area contributed by atoms with E-state index in [9.17, 15) is 24.2 Å². The largest absolute Gasteiger partial charge is 0.494 e. The highest BCUT2D eigenvalue weighted by molar-refractivity contribution is 6.30. The molecule has 0 saturated carbocycles. The monoisotopic (exact) mass is 461 g/mol. The Morgan fingerprint density at radius 3 is 2.56 bits per heavy atom. The molecule has 3 aromatic rings. The van der Waals surface area contributed by atoms with Crippen LogP contribution in [-0.4, -0.2) is 34.0 Å². The van der Waals surface area contributed by atoms with Gasteiger partial charge in [0.2, 0.25) is 5.43 Å². The van der Waals surface area contributed by atoms with Gasteiger partial charge in [0.1, 0.15) is 17.1 Å². The van der Waals surface area contributed by atoms with Crippen molar-refractivity contribution in [1.29, 1.82) is 0 Å². The number of carboxylic acids is 1. The fourth-order valence-electron chi connectivity index (χ4n) is 3.79. The van der Waals surface area contributed by atoms with Crippen molar-refractivity contribution in [2.45, 2.75) is 33.2 Å². The van der Waals surface area contributed by atoms with Crippen LogP contribution in [0.25, 0.3) is 10.9 Å². The van der Waals surface area contributed by atoms with Gasteiger partial charge in [-0.1, -0.05) is 37.6 Å². The maximum absolute atomic E-state index is 14.5. The smallest absolute Gasteiger partial charge is 0.341 e. The lowest BCUT2D eigenvalue weighted by atomic mass is 9.98. The van der Waals surface area contributed by atoms with Gasteiger partial charge in [0.05, 0.1) is 29.8 Å². The number of nitrogens with zero attached hydrogens (tertiary/aromatic N) is 1. The zero-order chi connectivity index (χ0) is 23.6. The maximum Gasteiger partial charge on any atom is 0.341 e. The third kappa shape index (κ3) is 4.49. The summed E-state index contributed by atoms with van der Waals surface area (Å²) in [5, 5.41) is 19.7. The second kappa shape index (κ2) is 9.71. The number of carbonyl (C=O) groups is 1. The van der Waals surface area contributed by atoms with Gasteiger partial charge in [-0.2, -0.15) is 0 Å². The van der Waals surface area contributed by atoms with Crippen molar-refractivity contribution in [3.8, 4) is 5.75 Å². The summed E-state index contributed by atoms with van der Waals surface area (Å²) in [6.45, 7) is 5.69. The predicted octanol–water partition coefficient (Wildman–Crippen LogP) is 4.67. The molecule has 0 bridgehead atoms. The molecule has 0 aliphatic carbocycles. The molecule has 0 aliphatic rings. The zero-order valence-electron chi connectivity index (χ0n) is 18.1. The molecule has 0 amide bonds. The number of ether oxygens (including phenoxy) is 1. The highest BCUT2D eigenvalue weighted by Crippen LogP contribution is 2.31. The summed E-state index contributed by atoms with van der Waals surface area (Å²) in [6, 6.07) is 7.40. The lowest BCUT2D eigenvalue weighted by molar-refractivity contribution is 0.0694. The van der Waals surface area contributed by atoms with Gasteiger partial charge in [-0.15, -0.1) is 0 Å². The fraction of sp³-hybridized carbons (Fsp3) is 0.333. The molecule has 8 heteroatoms. The number of hydrogen-bond donors (Lipinski definition) is 2. The number of halogens is 2. The van der Waals surface area contributed by atoms with Crippen LogP contribution in [0, 0.1) is 11.7 Å². The van der Waals surface area contributed by atoms with Crippen LogP contribution in [0.15, 0.2) is 41.3 Å². The highest BCUT2D eigenvalue weighted by Gasteiger charge is 2.23. The van der Waals surface area contributed by atoms with Crippen molar-refractivity contribution in [1.82, 2.24) is 4.57 Å². The summed E-state index contributed by atoms with van der Waals surface area (Å²) in [5.41, 5.74) is 0.229. The zero-order valence-corrected chi connectivity index (χ0v) is 18.8. The van der Waals surface area contributed by atoms with E-state index in [1.54, 1.807) is 35.8 Å². The average Bonchev–Trinajstić information content (AvgIpc) is 2.74. The van der Waals surface area contributed by atoms with E-state index in [1.807, 2.05) is 13.8 Å². The maximum atomic E-state index is 14.5. The van der Waals surface area contributed by atoms with Crippen LogP contribution in [-0.2, 0) is 6.42 Å². The van der Waals surface area contributed by atoms with Crippen molar-refractivity contribution in [3.63, 3.8) is 0 Å². The first kappa shape index (κ1) is 23.8. The summed E-state index contributed by atoms with van der Waals surface area (Å²) in [7, 11) is 0. The molecule has 0 aliphatic heterocycles. The Labute approximate surface area is 189 Å². The first-order chi connectivity index (χ1) is 15.2. The van der Waals surface area contributed by atoms with Crippen LogP contribution < -0.4 is 10.2 Å². The number of aliphatic hydroxyl groups excluding tert-OH is 1. The molecule has 170 valence electrons. The molecule has 0 radical (unpaired) electrons. The van der Waals surface area contributed by atoms with Gasteiger partial charge in [-0.05, 0) is 36.1 Å². The van der Waals surface area contributed by atoms with E-state index in [0.29, 0.717) is 29.0 Å². The molecule has 0 saturated heterocycles. The third-order valence-electron chi connectivity index (χ3n) is 5.47. The number of rotatable bonds is 8. The molecule has 2 aromatic carbocycles. The standard InChI is InChI=1S/C24H25ClFNO5/c1-4-32-21-10-19-16(9-15(21)8-14-6-5-7-18(25)22(14)26)23(29)17(24(30)31)11-27(19)20(12-28)13(2)3/h5-7,9-11,13,20,28H,4,8,12H2,1-3H3,(H,30,31)/t20-/m1/s1. The molecule has 0 fully saturated rings. The number of aromatic nitrogens is 1. The van der Waals surface area contributed by atoms with Gasteiger partial charge in [0.25, 0.3) is 0 Å². The van der Waals surface area contributed by atoms with Gasteiger partial charge in [0, 0.05) is 24.1 Å². The predicted molar refractivity (Wildman–Crippen MR) is 122 cm³/mol. The molecule has 0 spiro atoms. The van der Waals surface area contributed by atoms with Crippen LogP contribution in [0.4, 0.5) is 4.39 Å². The minimum atomic E-state index is -1.36. The van der Waals surface area contributed by atoms with Crippen molar-refractivity contribution < 1.29 is 24.1 Å². The lowest BCUT2D eigenvalue weighted by Crippen LogP contribution is -2.25. The van der Waals surface area contributed by atoms with E-state index < -0.39 is 28.8 Å². The first-order valence-corrected chi connectivity index (χ1v) is 10.7. The molecule has 1 atom stereocenters. The number of hydrogen-bond acceptors (Lipinski definition) is 4. The molecule has 6 nitrogen and oxygen atoms in total. The van der Waals surface area contributed by atoms with Gasteiger partial charge in [-0.25, -0.2) is 9.18 Å². The number of benzene rings is 2. The van der Waals surface area contributed by atoms with Crippen molar-refractivity contribution in [2.24, 2.45) is 5.92 Å². The molecule has 1 aromatic heterocycles. The van der Waals surface area contributed by atoms with Crippen LogP contribution in [0.3, 0.4) is 0 Å². The lowest BCUT2D eigenvalue weighted by Gasteiger charge is -2.25. The van der Waals surface area contributed by atoms with E-state index in [1.165, 1.54) is 12.3 Å². The van der Waals surface area contributed by atoms with Gasteiger partial charge >= 0.3 is 5.97 Å². The minimum absolute atomic E-state index is 0.0144. The summed E-state index contributed by atoms with van der Waals surface area (Å²) in [4.78, 5) is 24.8. The number of aliphatic hydroxyl groups is 1. The molecular formula is C24H25ClFNO5. The number of carboxylic acid groups (broad SMARTS) is 1. The summed E-state index contributed by atoms with van der Waals surface area (Å²) in [6.07, 6.45) is 1.36. The molecular weight excluding hydrogens is 437 g/mol. The van der Waals surface area contributed by atoms with Crippen LogP contribution >= 0.6 is 11.6 Å². The van der Waals surface area contributed by atoms with Crippen molar-refractivity contribution >= 4 is 28.5 Å². The number of aromatic carboxylic acids is 1. The molecule has 1 heterocycles. The average molecular weight is 462 g/mol. The Balaban J connectivity index is 2.34. The van der Waals surface area contributed by atoms with E-state index in [0.717, 1.165) is 0 Å². The Hall–Kier alpha value is -2.90. The van der Waals surface area contributed by atoms with E-state index in [4.69, 9.17) is 16.3 Å². The van der Waals surface area contributed by atoms with Gasteiger partial charge in [-0.3, -0.25) is 4.79 Å². The molecule has 3 rings (SSSR count). The van der Waals surface area contributed by atoms with E-state index in [-0.39, 0.29) is 29.4 Å². The highest BCUT2D eigenvalue weighted by atomic mass is 35.5. The van der Waals surface area contributed by atoms with E-state index in [2.05, 4.69) is 0 Å². The summed E-state index contributed by atoms with van der Waals surface area (Å²) < 4.78 is 21.9. The second-order valence-electron chi connectivity index (χ2n) is 7.88. The quantitative estimate of drug-likeness (QED) is 0.509. The van der Waals surface area contributed by atoms with Crippen molar-refractivity contribution in [3.05, 3.63) is 74.3 Å². The topological polar surface area (TPSA) is 88.8 Å². The van der Waals surface area contributed by atoms with Gasteiger partial charge < -0.3 is 19.5 Å². The summed E-state index contributed by atoms with van der Waals surface area (Å²) >= 11 is 5.91. The first-order valence-electron chi connectivity index (χ1n) is 10.3. The van der Waals surface area contributed by atoms with Crippen molar-refractivity contribution in [2.75, 3.05) is 13.2 Å². The SMILES string of the molecule is CCOc1cc2c(cc1Cc1cccc(Cl)c1F)c(=O)c(C(=O)O)cn2[C@H](CO)C(C)C. The summed E-state index contributed by atoms with van der Waals surface area (Å²) in [5.74, 6) is -1.52. The van der Waals surface area contributed by atoms with Crippen LogP contribution in [0.5, 0.6) is 5.75 Å². The van der Waals surface area contributed by atoms with Gasteiger partial charge in [0.15, 0.2) is 0 Å².